The highest BCUT2D eigenvalue weighted by Gasteiger charge is 2.30. The zero-order chi connectivity index (χ0) is 17.8. The van der Waals surface area contributed by atoms with Crippen molar-refractivity contribution in [3.8, 4) is 0 Å². The number of nitrogens with zero attached hydrogens (tertiary/aromatic N) is 2. The van der Waals surface area contributed by atoms with Crippen LogP contribution < -0.4 is 5.32 Å². The number of anilines is 1. The number of carbonyl (C=O) groups excluding carboxylic acids is 1. The molecule has 2 aromatic rings. The summed E-state index contributed by atoms with van der Waals surface area (Å²) >= 11 is 5.83. The smallest absolute Gasteiger partial charge is 0.289 e. The van der Waals surface area contributed by atoms with Crippen molar-refractivity contribution in [2.45, 2.75) is 18.9 Å². The van der Waals surface area contributed by atoms with Crippen molar-refractivity contribution in [2.75, 3.05) is 18.4 Å². The number of hydrogen-bond donors (Lipinski definition) is 1. The van der Waals surface area contributed by atoms with Gasteiger partial charge in [-0.2, -0.15) is 0 Å². The fourth-order valence-corrected chi connectivity index (χ4v) is 3.29. The van der Waals surface area contributed by atoms with Gasteiger partial charge >= 0.3 is 0 Å². The molecule has 0 bridgehead atoms. The first kappa shape index (κ1) is 17.4. The van der Waals surface area contributed by atoms with Gasteiger partial charge in [0.1, 0.15) is 11.1 Å². The standard InChI is InChI=1S/C18H18ClN3O3/c19-15-9-8-14(12-16(15)22(24)25)20-18(23)17(21-10-4-5-11-21)13-6-2-1-3-7-13/h1-3,6-9,12,17H,4-5,10-11H2,(H,20,23)/t17-/m1/s1. The molecule has 1 amide bonds. The van der Waals surface area contributed by atoms with Crippen LogP contribution in [0.4, 0.5) is 11.4 Å². The van der Waals surface area contributed by atoms with Gasteiger partial charge in [0.2, 0.25) is 5.91 Å². The molecule has 7 heteroatoms. The highest BCUT2D eigenvalue weighted by atomic mass is 35.5. The van der Waals surface area contributed by atoms with E-state index in [0.29, 0.717) is 5.69 Å². The van der Waals surface area contributed by atoms with Crippen molar-refractivity contribution >= 4 is 28.9 Å². The number of nitro groups is 1. The van der Waals surface area contributed by atoms with Gasteiger partial charge in [0.05, 0.1) is 4.92 Å². The molecule has 1 aliphatic heterocycles. The molecule has 1 N–H and O–H groups in total. The summed E-state index contributed by atoms with van der Waals surface area (Å²) in [7, 11) is 0. The first-order valence-corrected chi connectivity index (χ1v) is 8.48. The van der Waals surface area contributed by atoms with Crippen molar-refractivity contribution < 1.29 is 9.72 Å². The quantitative estimate of drug-likeness (QED) is 0.646. The molecule has 2 aromatic carbocycles. The zero-order valence-electron chi connectivity index (χ0n) is 13.5. The molecular weight excluding hydrogens is 342 g/mol. The normalized spacial score (nSPS) is 15.7. The Kier molecular flexibility index (Phi) is 5.31. The Bertz CT molecular complexity index is 776. The van der Waals surface area contributed by atoms with Gasteiger partial charge in [-0.3, -0.25) is 19.8 Å². The van der Waals surface area contributed by atoms with Crippen LogP contribution in [0.1, 0.15) is 24.4 Å². The zero-order valence-corrected chi connectivity index (χ0v) is 14.3. The topological polar surface area (TPSA) is 75.5 Å². The van der Waals surface area contributed by atoms with Crippen LogP contribution in [0, 0.1) is 10.1 Å². The Balaban J connectivity index is 1.86. The molecular formula is C18H18ClN3O3. The largest absolute Gasteiger partial charge is 0.324 e. The maximum atomic E-state index is 12.9. The molecule has 0 spiro atoms. The average Bonchev–Trinajstić information content (AvgIpc) is 3.11. The highest BCUT2D eigenvalue weighted by molar-refractivity contribution is 6.32. The molecule has 0 radical (unpaired) electrons. The lowest BCUT2D eigenvalue weighted by Crippen LogP contribution is -2.35. The molecule has 1 aliphatic rings. The Morgan fingerprint density at radius 2 is 1.84 bits per heavy atom. The van der Waals surface area contributed by atoms with Crippen LogP contribution in [0.25, 0.3) is 0 Å². The van der Waals surface area contributed by atoms with Gasteiger partial charge < -0.3 is 5.32 Å². The summed E-state index contributed by atoms with van der Waals surface area (Å²) < 4.78 is 0. The number of likely N-dealkylation sites (tertiary alicyclic amines) is 1. The summed E-state index contributed by atoms with van der Waals surface area (Å²) in [4.78, 5) is 25.5. The van der Waals surface area contributed by atoms with E-state index in [1.165, 1.54) is 12.1 Å². The lowest BCUT2D eigenvalue weighted by atomic mass is 10.0. The van der Waals surface area contributed by atoms with Gasteiger partial charge in [-0.15, -0.1) is 0 Å². The van der Waals surface area contributed by atoms with E-state index >= 15 is 0 Å². The van der Waals surface area contributed by atoms with E-state index in [2.05, 4.69) is 10.2 Å². The van der Waals surface area contributed by atoms with Gasteiger partial charge in [0, 0.05) is 11.8 Å². The van der Waals surface area contributed by atoms with Crippen molar-refractivity contribution in [1.29, 1.82) is 0 Å². The molecule has 1 fully saturated rings. The van der Waals surface area contributed by atoms with E-state index in [4.69, 9.17) is 11.6 Å². The summed E-state index contributed by atoms with van der Waals surface area (Å²) in [5, 5.41) is 13.9. The predicted octanol–water partition coefficient (Wildman–Crippen LogP) is 4.02. The van der Waals surface area contributed by atoms with Gasteiger partial charge in [-0.1, -0.05) is 41.9 Å². The summed E-state index contributed by atoms with van der Waals surface area (Å²) in [5.74, 6) is -0.204. The molecule has 1 atom stereocenters. The van der Waals surface area contributed by atoms with Crippen molar-refractivity contribution in [3.63, 3.8) is 0 Å². The molecule has 130 valence electrons. The number of nitrogens with one attached hydrogen (secondary N) is 1. The number of benzene rings is 2. The van der Waals surface area contributed by atoms with Gasteiger partial charge in [0.15, 0.2) is 0 Å². The Labute approximate surface area is 150 Å². The molecule has 1 saturated heterocycles. The van der Waals surface area contributed by atoms with Crippen LogP contribution in [0.5, 0.6) is 0 Å². The van der Waals surface area contributed by atoms with Gasteiger partial charge in [0.25, 0.3) is 5.69 Å². The molecule has 1 heterocycles. The molecule has 0 unspecified atom stereocenters. The Morgan fingerprint density at radius 3 is 2.48 bits per heavy atom. The van der Waals surface area contributed by atoms with E-state index in [1.807, 2.05) is 30.3 Å². The minimum Gasteiger partial charge on any atom is -0.324 e. The minimum absolute atomic E-state index is 0.0437. The van der Waals surface area contributed by atoms with Crippen LogP contribution in [-0.4, -0.2) is 28.8 Å². The number of hydrogen-bond acceptors (Lipinski definition) is 4. The first-order valence-electron chi connectivity index (χ1n) is 8.10. The molecule has 25 heavy (non-hydrogen) atoms. The van der Waals surface area contributed by atoms with Crippen molar-refractivity contribution in [2.24, 2.45) is 0 Å². The second-order valence-corrected chi connectivity index (χ2v) is 6.38. The average molecular weight is 360 g/mol. The lowest BCUT2D eigenvalue weighted by molar-refractivity contribution is -0.384. The van der Waals surface area contributed by atoms with Crippen LogP contribution >= 0.6 is 11.6 Å². The van der Waals surface area contributed by atoms with Crippen LogP contribution in [0.2, 0.25) is 5.02 Å². The Morgan fingerprint density at radius 1 is 1.16 bits per heavy atom. The van der Waals surface area contributed by atoms with E-state index in [0.717, 1.165) is 31.5 Å². The third kappa shape index (κ3) is 3.97. The monoisotopic (exact) mass is 359 g/mol. The van der Waals surface area contributed by atoms with Gasteiger partial charge in [-0.05, 0) is 43.6 Å². The molecule has 0 aliphatic carbocycles. The maximum Gasteiger partial charge on any atom is 0.289 e. The van der Waals surface area contributed by atoms with E-state index in [-0.39, 0.29) is 16.6 Å². The number of carbonyl (C=O) groups is 1. The third-order valence-electron chi connectivity index (χ3n) is 4.28. The molecule has 6 nitrogen and oxygen atoms in total. The van der Waals surface area contributed by atoms with Crippen LogP contribution in [-0.2, 0) is 4.79 Å². The van der Waals surface area contributed by atoms with E-state index in [1.54, 1.807) is 6.07 Å². The second kappa shape index (κ2) is 7.63. The summed E-state index contributed by atoms with van der Waals surface area (Å²) in [6.45, 7) is 1.71. The van der Waals surface area contributed by atoms with E-state index in [9.17, 15) is 14.9 Å². The lowest BCUT2D eigenvalue weighted by Gasteiger charge is -2.27. The fraction of sp³-hybridized carbons (Fsp3) is 0.278. The summed E-state index contributed by atoms with van der Waals surface area (Å²) in [6.07, 6.45) is 2.12. The molecule has 0 aromatic heterocycles. The number of nitro benzene ring substituents is 1. The summed E-state index contributed by atoms with van der Waals surface area (Å²) in [6, 6.07) is 13.4. The second-order valence-electron chi connectivity index (χ2n) is 5.97. The number of amides is 1. The Hall–Kier alpha value is -2.44. The summed E-state index contributed by atoms with van der Waals surface area (Å²) in [5.41, 5.74) is 1.04. The van der Waals surface area contributed by atoms with Gasteiger partial charge in [-0.25, -0.2) is 0 Å². The molecule has 0 saturated carbocycles. The van der Waals surface area contributed by atoms with Crippen LogP contribution in [0.3, 0.4) is 0 Å². The van der Waals surface area contributed by atoms with Crippen LogP contribution in [0.15, 0.2) is 48.5 Å². The molecule has 3 rings (SSSR count). The van der Waals surface area contributed by atoms with Crippen molar-refractivity contribution in [3.05, 3.63) is 69.2 Å². The third-order valence-corrected chi connectivity index (χ3v) is 4.60. The van der Waals surface area contributed by atoms with Crippen molar-refractivity contribution in [1.82, 2.24) is 4.90 Å². The van der Waals surface area contributed by atoms with E-state index < -0.39 is 11.0 Å². The number of rotatable bonds is 5. The maximum absolute atomic E-state index is 12.9. The minimum atomic E-state index is -0.562. The SMILES string of the molecule is O=C(Nc1ccc(Cl)c([N+](=O)[O-])c1)[C@@H](c1ccccc1)N1CCCC1. The fourth-order valence-electron chi connectivity index (χ4n) is 3.10. The highest BCUT2D eigenvalue weighted by Crippen LogP contribution is 2.30. The number of halogens is 1. The first-order chi connectivity index (χ1) is 12.1. The predicted molar refractivity (Wildman–Crippen MR) is 96.7 cm³/mol.